The highest BCUT2D eigenvalue weighted by Gasteiger charge is 2.06. The van der Waals surface area contributed by atoms with E-state index >= 15 is 0 Å². The van der Waals surface area contributed by atoms with Crippen LogP contribution in [0.3, 0.4) is 0 Å². The lowest BCUT2D eigenvalue weighted by molar-refractivity contribution is 0.0955. The van der Waals surface area contributed by atoms with Crippen molar-refractivity contribution in [3.8, 4) is 5.75 Å². The Kier molecular flexibility index (Phi) is 6.69. The van der Waals surface area contributed by atoms with Gasteiger partial charge >= 0.3 is 0 Å². The minimum atomic E-state index is -0.294. The number of amides is 1. The van der Waals surface area contributed by atoms with Crippen molar-refractivity contribution in [3.63, 3.8) is 0 Å². The summed E-state index contributed by atoms with van der Waals surface area (Å²) in [5.74, 6) is 0.336. The molecule has 0 radical (unpaired) electrons. The van der Waals surface area contributed by atoms with Crippen LogP contribution in [0.4, 0.5) is 0 Å². The molecular formula is C22H18Cl2N2O2. The monoisotopic (exact) mass is 412 g/mol. The third-order valence-corrected chi connectivity index (χ3v) is 4.67. The molecule has 28 heavy (non-hydrogen) atoms. The van der Waals surface area contributed by atoms with E-state index in [0.29, 0.717) is 28.0 Å². The molecule has 0 heterocycles. The minimum Gasteiger partial charge on any atom is -0.489 e. The van der Waals surface area contributed by atoms with Gasteiger partial charge < -0.3 is 4.74 Å². The molecule has 0 aliphatic carbocycles. The van der Waals surface area contributed by atoms with Crippen LogP contribution in [0, 0.1) is 6.92 Å². The second-order valence-electron chi connectivity index (χ2n) is 6.10. The van der Waals surface area contributed by atoms with Gasteiger partial charge in [-0.05, 0) is 54.4 Å². The molecule has 4 nitrogen and oxygen atoms in total. The molecule has 0 spiro atoms. The molecule has 0 unspecified atom stereocenters. The van der Waals surface area contributed by atoms with E-state index in [1.807, 2.05) is 37.3 Å². The van der Waals surface area contributed by atoms with E-state index in [1.54, 1.807) is 42.6 Å². The van der Waals surface area contributed by atoms with Gasteiger partial charge in [-0.25, -0.2) is 5.43 Å². The molecule has 3 aromatic rings. The lowest BCUT2D eigenvalue weighted by Crippen LogP contribution is -2.17. The number of nitrogens with zero attached hydrogens (tertiary/aromatic N) is 1. The van der Waals surface area contributed by atoms with Crippen LogP contribution in [0.2, 0.25) is 10.0 Å². The summed E-state index contributed by atoms with van der Waals surface area (Å²) < 4.78 is 5.71. The molecule has 3 rings (SSSR count). The SMILES string of the molecule is Cc1ccccc1/C=N/NC(=O)c1ccc(OCc2ccc(Cl)cc2Cl)cc1. The van der Waals surface area contributed by atoms with Crippen molar-refractivity contribution in [2.75, 3.05) is 0 Å². The summed E-state index contributed by atoms with van der Waals surface area (Å²) in [6.45, 7) is 2.29. The molecule has 0 saturated carbocycles. The average Bonchev–Trinajstić information content (AvgIpc) is 2.69. The zero-order chi connectivity index (χ0) is 19.9. The summed E-state index contributed by atoms with van der Waals surface area (Å²) in [6, 6.07) is 19.9. The summed E-state index contributed by atoms with van der Waals surface area (Å²) in [5, 5.41) is 5.14. The van der Waals surface area contributed by atoms with Gasteiger partial charge in [0.15, 0.2) is 0 Å². The van der Waals surface area contributed by atoms with Crippen LogP contribution < -0.4 is 10.2 Å². The highest BCUT2D eigenvalue weighted by atomic mass is 35.5. The van der Waals surface area contributed by atoms with Gasteiger partial charge in [0.2, 0.25) is 0 Å². The number of hydrazone groups is 1. The molecule has 3 aromatic carbocycles. The number of aryl methyl sites for hydroxylation is 1. The van der Waals surface area contributed by atoms with Gasteiger partial charge in [0.1, 0.15) is 12.4 Å². The van der Waals surface area contributed by atoms with E-state index in [1.165, 1.54) is 0 Å². The molecule has 0 aliphatic heterocycles. The number of nitrogens with one attached hydrogen (secondary N) is 1. The van der Waals surface area contributed by atoms with Crippen LogP contribution in [-0.4, -0.2) is 12.1 Å². The Morgan fingerprint density at radius 1 is 1.07 bits per heavy atom. The average molecular weight is 413 g/mol. The Morgan fingerprint density at radius 2 is 1.82 bits per heavy atom. The van der Waals surface area contributed by atoms with E-state index in [-0.39, 0.29) is 5.91 Å². The lowest BCUT2D eigenvalue weighted by Gasteiger charge is -2.08. The van der Waals surface area contributed by atoms with E-state index in [9.17, 15) is 4.79 Å². The van der Waals surface area contributed by atoms with E-state index < -0.39 is 0 Å². The van der Waals surface area contributed by atoms with E-state index in [0.717, 1.165) is 16.7 Å². The van der Waals surface area contributed by atoms with Crippen molar-refractivity contribution in [2.24, 2.45) is 5.10 Å². The number of hydrogen-bond donors (Lipinski definition) is 1. The number of rotatable bonds is 6. The number of hydrogen-bond acceptors (Lipinski definition) is 3. The number of ether oxygens (including phenoxy) is 1. The van der Waals surface area contributed by atoms with Gasteiger partial charge in [-0.1, -0.05) is 53.5 Å². The molecule has 0 aliphatic rings. The first-order valence-electron chi connectivity index (χ1n) is 8.59. The largest absolute Gasteiger partial charge is 0.489 e. The Hall–Kier alpha value is -2.82. The fourth-order valence-electron chi connectivity index (χ4n) is 2.46. The first kappa shape index (κ1) is 19.9. The first-order chi connectivity index (χ1) is 13.5. The lowest BCUT2D eigenvalue weighted by atomic mass is 10.1. The Labute approximate surface area is 173 Å². The molecule has 0 saturated heterocycles. The summed E-state index contributed by atoms with van der Waals surface area (Å²) in [5.41, 5.74) is 5.88. The highest BCUT2D eigenvalue weighted by molar-refractivity contribution is 6.35. The molecule has 1 N–H and O–H groups in total. The molecular weight excluding hydrogens is 395 g/mol. The summed E-state index contributed by atoms with van der Waals surface area (Å²) in [7, 11) is 0. The van der Waals surface area contributed by atoms with Crippen LogP contribution in [-0.2, 0) is 6.61 Å². The van der Waals surface area contributed by atoms with Crippen molar-refractivity contribution in [1.29, 1.82) is 0 Å². The molecule has 0 atom stereocenters. The van der Waals surface area contributed by atoms with Crippen LogP contribution >= 0.6 is 23.2 Å². The minimum absolute atomic E-state index is 0.294. The maximum atomic E-state index is 12.2. The highest BCUT2D eigenvalue weighted by Crippen LogP contribution is 2.23. The third-order valence-electron chi connectivity index (χ3n) is 4.08. The summed E-state index contributed by atoms with van der Waals surface area (Å²) in [4.78, 5) is 12.2. The van der Waals surface area contributed by atoms with Crippen LogP contribution in [0.15, 0.2) is 71.8 Å². The molecule has 0 bridgehead atoms. The first-order valence-corrected chi connectivity index (χ1v) is 9.34. The topological polar surface area (TPSA) is 50.7 Å². The van der Waals surface area contributed by atoms with Gasteiger partial charge in [-0.15, -0.1) is 0 Å². The van der Waals surface area contributed by atoms with Crippen molar-refractivity contribution in [1.82, 2.24) is 5.43 Å². The molecule has 0 fully saturated rings. The maximum absolute atomic E-state index is 12.2. The van der Waals surface area contributed by atoms with E-state index in [2.05, 4.69) is 10.5 Å². The van der Waals surface area contributed by atoms with Crippen molar-refractivity contribution in [3.05, 3.63) is 99.0 Å². The standard InChI is InChI=1S/C22H18Cl2N2O2/c1-15-4-2-3-5-17(15)13-25-26-22(27)16-7-10-20(11-8-16)28-14-18-6-9-19(23)12-21(18)24/h2-13H,14H2,1H3,(H,26,27)/b25-13+. The Bertz CT molecular complexity index is 1000. The normalized spacial score (nSPS) is 10.8. The van der Waals surface area contributed by atoms with Gasteiger partial charge in [-0.3, -0.25) is 4.79 Å². The second kappa shape index (κ2) is 9.40. The summed E-state index contributed by atoms with van der Waals surface area (Å²) >= 11 is 12.0. The molecule has 6 heteroatoms. The van der Waals surface area contributed by atoms with Crippen molar-refractivity contribution < 1.29 is 9.53 Å². The second-order valence-corrected chi connectivity index (χ2v) is 6.95. The third kappa shape index (κ3) is 5.35. The number of halogens is 2. The van der Waals surface area contributed by atoms with Gasteiger partial charge in [0, 0.05) is 21.2 Å². The van der Waals surface area contributed by atoms with Gasteiger partial charge in [-0.2, -0.15) is 5.10 Å². The predicted octanol–water partition coefficient (Wildman–Crippen LogP) is 5.64. The van der Waals surface area contributed by atoms with Gasteiger partial charge in [0.05, 0.1) is 6.21 Å². The Morgan fingerprint density at radius 3 is 2.54 bits per heavy atom. The van der Waals surface area contributed by atoms with Crippen molar-refractivity contribution in [2.45, 2.75) is 13.5 Å². The zero-order valence-electron chi connectivity index (χ0n) is 15.2. The van der Waals surface area contributed by atoms with Crippen molar-refractivity contribution >= 4 is 35.3 Å². The zero-order valence-corrected chi connectivity index (χ0v) is 16.7. The number of carbonyl (C=O) groups excluding carboxylic acids is 1. The van der Waals surface area contributed by atoms with Crippen LogP contribution in [0.1, 0.15) is 27.0 Å². The smallest absolute Gasteiger partial charge is 0.271 e. The van der Waals surface area contributed by atoms with Gasteiger partial charge in [0.25, 0.3) is 5.91 Å². The fraction of sp³-hybridized carbons (Fsp3) is 0.0909. The Balaban J connectivity index is 1.56. The quantitative estimate of drug-likeness (QED) is 0.420. The molecule has 0 aromatic heterocycles. The predicted molar refractivity (Wildman–Crippen MR) is 113 cm³/mol. The molecule has 1 amide bonds. The summed E-state index contributed by atoms with van der Waals surface area (Å²) in [6.07, 6.45) is 1.63. The molecule has 142 valence electrons. The number of carbonyl (C=O) groups is 1. The van der Waals surface area contributed by atoms with E-state index in [4.69, 9.17) is 27.9 Å². The van der Waals surface area contributed by atoms with Crippen LogP contribution in [0.25, 0.3) is 0 Å². The maximum Gasteiger partial charge on any atom is 0.271 e. The number of benzene rings is 3. The fourth-order valence-corrected chi connectivity index (χ4v) is 2.92. The van der Waals surface area contributed by atoms with Crippen LogP contribution in [0.5, 0.6) is 5.75 Å².